The fraction of sp³-hybridized carbons (Fsp3) is 0.429. The Hall–Kier alpha value is -2.04. The number of nitrogens with zero attached hydrogens (tertiary/aromatic N) is 1. The van der Waals surface area contributed by atoms with E-state index in [1.165, 1.54) is 18.2 Å². The lowest BCUT2D eigenvalue weighted by atomic mass is 9.90. The van der Waals surface area contributed by atoms with Crippen molar-refractivity contribution in [1.29, 1.82) is 0 Å². The van der Waals surface area contributed by atoms with E-state index in [-0.39, 0.29) is 17.1 Å². The van der Waals surface area contributed by atoms with Gasteiger partial charge in [-0.1, -0.05) is 6.92 Å². The van der Waals surface area contributed by atoms with Crippen LogP contribution in [0.25, 0.3) is 0 Å². The van der Waals surface area contributed by atoms with Crippen molar-refractivity contribution in [2.75, 3.05) is 0 Å². The highest BCUT2D eigenvalue weighted by atomic mass is 16.3. The summed E-state index contributed by atoms with van der Waals surface area (Å²) in [6.45, 7) is 2.21. The molecule has 1 aromatic rings. The summed E-state index contributed by atoms with van der Waals surface area (Å²) in [7, 11) is 0. The van der Waals surface area contributed by atoms with Gasteiger partial charge in [-0.3, -0.25) is 4.79 Å². The van der Waals surface area contributed by atoms with Crippen LogP contribution in [0.15, 0.2) is 23.3 Å². The van der Waals surface area contributed by atoms with Crippen LogP contribution in [-0.2, 0) is 0 Å². The molecule has 0 spiro atoms. The lowest BCUT2D eigenvalue weighted by Gasteiger charge is -2.18. The third kappa shape index (κ3) is 3.47. The zero-order chi connectivity index (χ0) is 13.8. The molecule has 2 rings (SSSR count). The molecule has 0 heterocycles. The van der Waals surface area contributed by atoms with Crippen molar-refractivity contribution in [2.45, 2.75) is 32.6 Å². The van der Waals surface area contributed by atoms with Gasteiger partial charge in [-0.25, -0.2) is 5.43 Å². The number of nitrogens with one attached hydrogen (secondary N) is 1. The summed E-state index contributed by atoms with van der Waals surface area (Å²) >= 11 is 0. The van der Waals surface area contributed by atoms with Crippen LogP contribution in [0.5, 0.6) is 11.5 Å². The van der Waals surface area contributed by atoms with Crippen LogP contribution in [-0.4, -0.2) is 21.8 Å². The molecule has 1 amide bonds. The number of phenols is 2. The highest BCUT2D eigenvalue weighted by Crippen LogP contribution is 2.23. The Morgan fingerprint density at radius 2 is 2.00 bits per heavy atom. The Balaban J connectivity index is 2.01. The molecule has 0 unspecified atom stereocenters. The Morgan fingerprint density at radius 1 is 1.32 bits per heavy atom. The lowest BCUT2D eigenvalue weighted by Crippen LogP contribution is -2.21. The van der Waals surface area contributed by atoms with E-state index in [4.69, 9.17) is 0 Å². The van der Waals surface area contributed by atoms with Crippen molar-refractivity contribution in [3.63, 3.8) is 0 Å². The fourth-order valence-corrected chi connectivity index (χ4v) is 2.10. The lowest BCUT2D eigenvalue weighted by molar-refractivity contribution is 0.0951. The second kappa shape index (κ2) is 5.73. The average molecular weight is 262 g/mol. The van der Waals surface area contributed by atoms with Gasteiger partial charge in [-0.05, 0) is 49.8 Å². The molecule has 0 radical (unpaired) electrons. The van der Waals surface area contributed by atoms with Crippen molar-refractivity contribution in [3.8, 4) is 11.5 Å². The molecule has 0 aromatic heterocycles. The van der Waals surface area contributed by atoms with E-state index >= 15 is 0 Å². The minimum atomic E-state index is -0.514. The molecular weight excluding hydrogens is 244 g/mol. The number of benzene rings is 1. The molecule has 1 fully saturated rings. The number of aromatic hydroxyl groups is 2. The van der Waals surface area contributed by atoms with Gasteiger partial charge >= 0.3 is 0 Å². The predicted octanol–water partition coefficient (Wildman–Crippen LogP) is 2.39. The van der Waals surface area contributed by atoms with E-state index < -0.39 is 5.91 Å². The van der Waals surface area contributed by atoms with E-state index in [2.05, 4.69) is 17.5 Å². The molecule has 19 heavy (non-hydrogen) atoms. The quantitative estimate of drug-likeness (QED) is 0.565. The van der Waals surface area contributed by atoms with Crippen LogP contribution < -0.4 is 5.43 Å². The number of amides is 1. The summed E-state index contributed by atoms with van der Waals surface area (Å²) in [5.41, 5.74) is 3.43. The van der Waals surface area contributed by atoms with Crippen LogP contribution >= 0.6 is 0 Å². The monoisotopic (exact) mass is 262 g/mol. The SMILES string of the molecule is CC1CCC(=NNC(=O)c2cc(O)ccc2O)CC1. The maximum Gasteiger partial charge on any atom is 0.275 e. The number of rotatable bonds is 2. The number of carbonyl (C=O) groups excluding carboxylic acids is 1. The zero-order valence-electron chi connectivity index (χ0n) is 10.9. The summed E-state index contributed by atoms with van der Waals surface area (Å²) < 4.78 is 0. The minimum Gasteiger partial charge on any atom is -0.508 e. The first-order chi connectivity index (χ1) is 9.06. The predicted molar refractivity (Wildman–Crippen MR) is 72.3 cm³/mol. The first-order valence-electron chi connectivity index (χ1n) is 6.44. The smallest absolute Gasteiger partial charge is 0.275 e. The van der Waals surface area contributed by atoms with Gasteiger partial charge in [0.25, 0.3) is 5.91 Å². The first kappa shape index (κ1) is 13.4. The van der Waals surface area contributed by atoms with Gasteiger partial charge in [0.15, 0.2) is 0 Å². The largest absolute Gasteiger partial charge is 0.508 e. The maximum absolute atomic E-state index is 11.8. The summed E-state index contributed by atoms with van der Waals surface area (Å²) in [5.74, 6) is -0.0425. The van der Waals surface area contributed by atoms with Crippen molar-refractivity contribution in [2.24, 2.45) is 11.0 Å². The van der Waals surface area contributed by atoms with Gasteiger partial charge < -0.3 is 10.2 Å². The van der Waals surface area contributed by atoms with Crippen LogP contribution in [0.3, 0.4) is 0 Å². The van der Waals surface area contributed by atoms with Gasteiger partial charge in [-0.2, -0.15) is 5.10 Å². The molecule has 5 heteroatoms. The molecular formula is C14H18N2O3. The van der Waals surface area contributed by atoms with Crippen LogP contribution in [0.4, 0.5) is 0 Å². The number of phenolic OH excluding ortho intramolecular Hbond substituents is 2. The highest BCUT2D eigenvalue weighted by molar-refractivity contribution is 5.98. The summed E-state index contributed by atoms with van der Waals surface area (Å²) in [6.07, 6.45) is 3.97. The topological polar surface area (TPSA) is 81.9 Å². The van der Waals surface area contributed by atoms with Crippen LogP contribution in [0.1, 0.15) is 43.0 Å². The molecule has 1 saturated carbocycles. The molecule has 5 nitrogen and oxygen atoms in total. The highest BCUT2D eigenvalue weighted by Gasteiger charge is 2.15. The van der Waals surface area contributed by atoms with Gasteiger partial charge in [0.1, 0.15) is 11.5 Å². The van der Waals surface area contributed by atoms with E-state index in [9.17, 15) is 15.0 Å². The second-order valence-corrected chi connectivity index (χ2v) is 5.00. The molecule has 0 bridgehead atoms. The number of hydrazone groups is 1. The molecule has 102 valence electrons. The summed E-state index contributed by atoms with van der Waals surface area (Å²) in [5, 5.41) is 23.0. The van der Waals surface area contributed by atoms with Gasteiger partial charge in [0.2, 0.25) is 0 Å². The fourth-order valence-electron chi connectivity index (χ4n) is 2.10. The molecule has 0 aliphatic heterocycles. The van der Waals surface area contributed by atoms with Crippen LogP contribution in [0.2, 0.25) is 0 Å². The van der Waals surface area contributed by atoms with Crippen LogP contribution in [0, 0.1) is 5.92 Å². The molecule has 1 aliphatic carbocycles. The Morgan fingerprint density at radius 3 is 2.68 bits per heavy atom. The van der Waals surface area contributed by atoms with Gasteiger partial charge in [0.05, 0.1) is 5.56 Å². The molecule has 1 aromatic carbocycles. The third-order valence-corrected chi connectivity index (χ3v) is 3.39. The van der Waals surface area contributed by atoms with E-state index in [0.29, 0.717) is 5.92 Å². The number of hydrogen-bond donors (Lipinski definition) is 3. The first-order valence-corrected chi connectivity index (χ1v) is 6.44. The van der Waals surface area contributed by atoms with Gasteiger partial charge in [0, 0.05) is 5.71 Å². The molecule has 0 atom stereocenters. The molecule has 1 aliphatic rings. The standard InChI is InChI=1S/C14H18N2O3/c1-9-2-4-10(5-3-9)15-16-14(19)12-8-11(17)6-7-13(12)18/h6-9,17-18H,2-5H2,1H3,(H,16,19). The van der Waals surface area contributed by atoms with E-state index in [0.717, 1.165) is 31.4 Å². The Bertz CT molecular complexity index is 501. The Kier molecular flexibility index (Phi) is 4.04. The number of hydrogen-bond acceptors (Lipinski definition) is 4. The minimum absolute atomic E-state index is 0.0218. The second-order valence-electron chi connectivity index (χ2n) is 5.00. The molecule has 0 saturated heterocycles. The van der Waals surface area contributed by atoms with Crippen molar-refractivity contribution < 1.29 is 15.0 Å². The Labute approximate surface area is 112 Å². The zero-order valence-corrected chi connectivity index (χ0v) is 10.9. The molecule has 3 N–H and O–H groups in total. The number of carbonyl (C=O) groups is 1. The maximum atomic E-state index is 11.8. The van der Waals surface area contributed by atoms with Crippen molar-refractivity contribution in [1.82, 2.24) is 5.43 Å². The normalized spacial score (nSPS) is 19.0. The van der Waals surface area contributed by atoms with Crippen molar-refractivity contribution in [3.05, 3.63) is 23.8 Å². The summed E-state index contributed by atoms with van der Waals surface area (Å²) in [6, 6.07) is 3.81. The summed E-state index contributed by atoms with van der Waals surface area (Å²) in [4.78, 5) is 11.8. The van der Waals surface area contributed by atoms with E-state index in [1.54, 1.807) is 0 Å². The van der Waals surface area contributed by atoms with E-state index in [1.807, 2.05) is 0 Å². The average Bonchev–Trinajstić information content (AvgIpc) is 2.40. The van der Waals surface area contributed by atoms with Crippen molar-refractivity contribution >= 4 is 11.6 Å². The third-order valence-electron chi connectivity index (χ3n) is 3.39. The van der Waals surface area contributed by atoms with Gasteiger partial charge in [-0.15, -0.1) is 0 Å².